The van der Waals surface area contributed by atoms with Crippen LogP contribution in [0.3, 0.4) is 0 Å². The summed E-state index contributed by atoms with van der Waals surface area (Å²) in [7, 11) is 3.26. The topological polar surface area (TPSA) is 78.9 Å². The van der Waals surface area contributed by atoms with Gasteiger partial charge in [-0.25, -0.2) is 4.79 Å². The molecule has 1 rings (SSSR count). The number of nitrogens with one attached hydrogen (secondary N) is 1. The Hall–Kier alpha value is -2.24. The Labute approximate surface area is 118 Å². The van der Waals surface area contributed by atoms with Gasteiger partial charge >= 0.3 is 12.0 Å². The third kappa shape index (κ3) is 5.17. The van der Waals surface area contributed by atoms with Gasteiger partial charge in [0.05, 0.1) is 7.11 Å². The fraction of sp³-hybridized carbons (Fsp3) is 0.429. The monoisotopic (exact) mass is 280 g/mol. The molecule has 6 heteroatoms. The first-order chi connectivity index (χ1) is 9.54. The van der Waals surface area contributed by atoms with Crippen molar-refractivity contribution in [1.29, 1.82) is 0 Å². The number of hydrogen-bond donors (Lipinski definition) is 2. The summed E-state index contributed by atoms with van der Waals surface area (Å²) in [5.41, 5.74) is 0.758. The molecule has 0 unspecified atom stereocenters. The Balaban J connectivity index is 2.36. The molecule has 110 valence electrons. The van der Waals surface area contributed by atoms with Gasteiger partial charge in [0, 0.05) is 25.7 Å². The maximum atomic E-state index is 11.9. The number of nitrogens with zero attached hydrogens (tertiary/aromatic N) is 1. The van der Waals surface area contributed by atoms with Crippen molar-refractivity contribution in [3.05, 3.63) is 24.3 Å². The molecule has 0 aliphatic rings. The van der Waals surface area contributed by atoms with Gasteiger partial charge in [0.1, 0.15) is 5.75 Å². The van der Waals surface area contributed by atoms with E-state index in [1.165, 1.54) is 4.90 Å². The summed E-state index contributed by atoms with van der Waals surface area (Å²) in [6.07, 6.45) is 1.33. The Morgan fingerprint density at radius 1 is 1.25 bits per heavy atom. The zero-order valence-electron chi connectivity index (χ0n) is 11.8. The largest absolute Gasteiger partial charge is 0.497 e. The summed E-state index contributed by atoms with van der Waals surface area (Å²) < 4.78 is 5.05. The number of carboxylic acids is 1. The number of ether oxygens (including phenoxy) is 1. The highest BCUT2D eigenvalue weighted by Gasteiger charge is 2.09. The number of carboxylic acid groups (broad SMARTS) is 1. The van der Waals surface area contributed by atoms with E-state index in [0.29, 0.717) is 19.4 Å². The normalized spacial score (nSPS) is 9.90. The molecule has 0 aliphatic heterocycles. The summed E-state index contributed by atoms with van der Waals surface area (Å²) in [5, 5.41) is 11.2. The number of methoxy groups -OCH3 is 1. The van der Waals surface area contributed by atoms with Crippen molar-refractivity contribution in [3.8, 4) is 5.75 Å². The number of carbonyl (C=O) groups is 2. The predicted octanol–water partition coefficient (Wildman–Crippen LogP) is 2.10. The van der Waals surface area contributed by atoms with Gasteiger partial charge in [0.25, 0.3) is 0 Å². The average Bonchev–Trinajstić information content (AvgIpc) is 2.45. The van der Waals surface area contributed by atoms with Crippen LogP contribution in [0.25, 0.3) is 0 Å². The first kappa shape index (κ1) is 15.8. The number of aliphatic carboxylic acids is 1. The van der Waals surface area contributed by atoms with Crippen LogP contribution in [-0.2, 0) is 4.79 Å². The van der Waals surface area contributed by atoms with Gasteiger partial charge in [-0.2, -0.15) is 0 Å². The van der Waals surface area contributed by atoms with Crippen LogP contribution in [0.4, 0.5) is 10.5 Å². The molecule has 0 radical (unpaired) electrons. The van der Waals surface area contributed by atoms with Gasteiger partial charge in [-0.15, -0.1) is 0 Å². The van der Waals surface area contributed by atoms with E-state index in [9.17, 15) is 9.59 Å². The fourth-order valence-corrected chi connectivity index (χ4v) is 1.64. The number of carbonyl (C=O) groups excluding carboxylic acids is 1. The molecular weight excluding hydrogens is 260 g/mol. The highest BCUT2D eigenvalue weighted by molar-refractivity contribution is 5.91. The second-order valence-corrected chi connectivity index (χ2v) is 4.34. The average molecular weight is 280 g/mol. The molecule has 0 heterocycles. The Kier molecular flexibility index (Phi) is 6.36. The standard InChI is InChI=1S/C14H20N2O4/c1-16(11-6-8-12(20-2)9-7-11)14(19)15-10-4-3-5-13(17)18/h6-9H,3-5,10H2,1-2H3,(H,15,19)(H,17,18). The van der Waals surface area contributed by atoms with Crippen LogP contribution in [0.1, 0.15) is 19.3 Å². The molecule has 0 aliphatic carbocycles. The third-order valence-corrected chi connectivity index (χ3v) is 2.86. The minimum atomic E-state index is -0.813. The number of anilines is 1. The number of benzene rings is 1. The minimum absolute atomic E-state index is 0.129. The van der Waals surface area contributed by atoms with Gasteiger partial charge in [0.15, 0.2) is 0 Å². The summed E-state index contributed by atoms with van der Waals surface area (Å²) >= 11 is 0. The number of unbranched alkanes of at least 4 members (excludes halogenated alkanes) is 1. The molecule has 1 aromatic carbocycles. The summed E-state index contributed by atoms with van der Waals surface area (Å²) in [6, 6.07) is 6.94. The second kappa shape index (κ2) is 8.04. The summed E-state index contributed by atoms with van der Waals surface area (Å²) in [6.45, 7) is 0.465. The van der Waals surface area contributed by atoms with Crippen molar-refractivity contribution >= 4 is 17.7 Å². The highest BCUT2D eigenvalue weighted by Crippen LogP contribution is 2.17. The van der Waals surface area contributed by atoms with Gasteiger partial charge in [-0.3, -0.25) is 9.69 Å². The highest BCUT2D eigenvalue weighted by atomic mass is 16.5. The van der Waals surface area contributed by atoms with Crippen LogP contribution in [0.5, 0.6) is 5.75 Å². The molecule has 0 fully saturated rings. The molecule has 0 saturated heterocycles. The lowest BCUT2D eigenvalue weighted by atomic mass is 10.2. The zero-order chi connectivity index (χ0) is 15.0. The molecule has 0 saturated carbocycles. The number of urea groups is 1. The van der Waals surface area contributed by atoms with Crippen LogP contribution < -0.4 is 15.0 Å². The first-order valence-electron chi connectivity index (χ1n) is 6.42. The van der Waals surface area contributed by atoms with Crippen molar-refractivity contribution in [3.63, 3.8) is 0 Å². The van der Waals surface area contributed by atoms with E-state index in [1.54, 1.807) is 38.4 Å². The van der Waals surface area contributed by atoms with E-state index < -0.39 is 5.97 Å². The molecule has 0 atom stereocenters. The third-order valence-electron chi connectivity index (χ3n) is 2.86. The number of amides is 2. The van der Waals surface area contributed by atoms with E-state index in [2.05, 4.69) is 5.32 Å². The fourth-order valence-electron chi connectivity index (χ4n) is 1.64. The molecule has 20 heavy (non-hydrogen) atoms. The molecule has 0 aromatic heterocycles. The molecule has 2 amide bonds. The predicted molar refractivity (Wildman–Crippen MR) is 76.3 cm³/mol. The Morgan fingerprint density at radius 2 is 1.90 bits per heavy atom. The van der Waals surface area contributed by atoms with Crippen molar-refractivity contribution in [1.82, 2.24) is 5.32 Å². The van der Waals surface area contributed by atoms with Crippen LogP contribution in [0.2, 0.25) is 0 Å². The van der Waals surface area contributed by atoms with Crippen LogP contribution in [0.15, 0.2) is 24.3 Å². The number of rotatable bonds is 7. The lowest BCUT2D eigenvalue weighted by Gasteiger charge is -2.18. The van der Waals surface area contributed by atoms with Crippen molar-refractivity contribution in [2.45, 2.75) is 19.3 Å². The lowest BCUT2D eigenvalue weighted by molar-refractivity contribution is -0.137. The van der Waals surface area contributed by atoms with Gasteiger partial charge < -0.3 is 15.2 Å². The summed E-state index contributed by atoms with van der Waals surface area (Å²) in [5.74, 6) is -0.0806. The molecular formula is C14H20N2O4. The molecule has 6 nitrogen and oxygen atoms in total. The van der Waals surface area contributed by atoms with Crippen molar-refractivity contribution in [2.75, 3.05) is 25.6 Å². The van der Waals surface area contributed by atoms with Crippen LogP contribution >= 0.6 is 0 Å². The van der Waals surface area contributed by atoms with Gasteiger partial charge in [0.2, 0.25) is 0 Å². The summed E-state index contributed by atoms with van der Waals surface area (Å²) in [4.78, 5) is 23.7. The SMILES string of the molecule is COc1ccc(N(C)C(=O)NCCCCC(=O)O)cc1. The van der Waals surface area contributed by atoms with E-state index in [-0.39, 0.29) is 12.5 Å². The Morgan fingerprint density at radius 3 is 2.45 bits per heavy atom. The molecule has 0 spiro atoms. The number of hydrogen-bond acceptors (Lipinski definition) is 3. The Bertz CT molecular complexity index is 445. The lowest BCUT2D eigenvalue weighted by Crippen LogP contribution is -2.37. The van der Waals surface area contributed by atoms with Crippen LogP contribution in [-0.4, -0.2) is 37.8 Å². The quantitative estimate of drug-likeness (QED) is 0.750. The molecule has 2 N–H and O–H groups in total. The van der Waals surface area contributed by atoms with E-state index in [1.807, 2.05) is 0 Å². The van der Waals surface area contributed by atoms with E-state index in [0.717, 1.165) is 11.4 Å². The van der Waals surface area contributed by atoms with Crippen molar-refractivity contribution < 1.29 is 19.4 Å². The second-order valence-electron chi connectivity index (χ2n) is 4.34. The van der Waals surface area contributed by atoms with E-state index >= 15 is 0 Å². The first-order valence-corrected chi connectivity index (χ1v) is 6.42. The molecule has 0 bridgehead atoms. The van der Waals surface area contributed by atoms with Crippen LogP contribution in [0, 0.1) is 0 Å². The van der Waals surface area contributed by atoms with Gasteiger partial charge in [-0.1, -0.05) is 0 Å². The van der Waals surface area contributed by atoms with Gasteiger partial charge in [-0.05, 0) is 37.1 Å². The van der Waals surface area contributed by atoms with E-state index in [4.69, 9.17) is 9.84 Å². The smallest absolute Gasteiger partial charge is 0.321 e. The maximum Gasteiger partial charge on any atom is 0.321 e. The van der Waals surface area contributed by atoms with Crippen molar-refractivity contribution in [2.24, 2.45) is 0 Å². The maximum absolute atomic E-state index is 11.9. The molecule has 1 aromatic rings. The minimum Gasteiger partial charge on any atom is -0.497 e. The zero-order valence-corrected chi connectivity index (χ0v) is 11.8.